The molecule has 6 heteroatoms. The van der Waals surface area contributed by atoms with Crippen LogP contribution in [0.5, 0.6) is 11.5 Å². The average molecular weight is 361 g/mol. The maximum Gasteiger partial charge on any atom is 0.130 e. The highest BCUT2D eigenvalue weighted by molar-refractivity contribution is 6.37. The Hall–Kier alpha value is -2.21. The van der Waals surface area contributed by atoms with Gasteiger partial charge in [0, 0.05) is 24.3 Å². The number of hydrogen-bond donors (Lipinski definition) is 4. The van der Waals surface area contributed by atoms with Crippen molar-refractivity contribution in [3.63, 3.8) is 0 Å². The van der Waals surface area contributed by atoms with Gasteiger partial charge in [0.1, 0.15) is 24.2 Å². The average Bonchev–Trinajstić information content (AvgIpc) is 2.90. The minimum absolute atomic E-state index is 0.146. The molecule has 0 aliphatic heterocycles. The van der Waals surface area contributed by atoms with E-state index in [-0.39, 0.29) is 12.4 Å². The van der Waals surface area contributed by atoms with Gasteiger partial charge in [0.05, 0.1) is 15.9 Å². The van der Waals surface area contributed by atoms with Crippen molar-refractivity contribution >= 4 is 22.5 Å². The molecule has 0 radical (unpaired) electrons. The number of aromatic amines is 1. The van der Waals surface area contributed by atoms with Gasteiger partial charge in [-0.1, -0.05) is 35.9 Å². The standard InChI is InChI=1S/C19H21ClN2O3/c1-12-19(20)18-15(22-12)6-4-8-17(18)25-11-14(23)10-21-9-13-5-2-3-7-16(13)24/h2-8,14,21-24H,9-11H2,1H3. The van der Waals surface area contributed by atoms with Gasteiger partial charge in [0.15, 0.2) is 0 Å². The zero-order valence-electron chi connectivity index (χ0n) is 13.9. The number of fused-ring (bicyclic) bond motifs is 1. The highest BCUT2D eigenvalue weighted by Crippen LogP contribution is 2.34. The summed E-state index contributed by atoms with van der Waals surface area (Å²) < 4.78 is 5.76. The third kappa shape index (κ3) is 4.07. The van der Waals surface area contributed by atoms with Crippen molar-refractivity contribution in [2.75, 3.05) is 13.2 Å². The number of aryl methyl sites for hydroxylation is 1. The number of para-hydroxylation sites is 1. The zero-order valence-corrected chi connectivity index (χ0v) is 14.7. The van der Waals surface area contributed by atoms with Gasteiger partial charge in [0.2, 0.25) is 0 Å². The highest BCUT2D eigenvalue weighted by atomic mass is 35.5. The Morgan fingerprint density at radius 2 is 2.00 bits per heavy atom. The van der Waals surface area contributed by atoms with Gasteiger partial charge < -0.3 is 25.3 Å². The molecule has 3 aromatic rings. The number of rotatable bonds is 7. The number of phenolic OH excluding ortho intramolecular Hbond substituents is 1. The van der Waals surface area contributed by atoms with Crippen LogP contribution in [0.2, 0.25) is 5.02 Å². The van der Waals surface area contributed by atoms with Crippen molar-refractivity contribution in [2.24, 2.45) is 0 Å². The van der Waals surface area contributed by atoms with Gasteiger partial charge in [-0.2, -0.15) is 0 Å². The predicted octanol–water partition coefficient (Wildman–Crippen LogP) is 3.36. The summed E-state index contributed by atoms with van der Waals surface area (Å²) in [6.45, 7) is 2.88. The maximum atomic E-state index is 10.1. The molecule has 0 bridgehead atoms. The second-order valence-corrected chi connectivity index (χ2v) is 6.35. The molecule has 0 fully saturated rings. The molecule has 5 nitrogen and oxygen atoms in total. The van der Waals surface area contributed by atoms with Crippen LogP contribution in [0.3, 0.4) is 0 Å². The molecular formula is C19H21ClN2O3. The first-order valence-electron chi connectivity index (χ1n) is 8.11. The van der Waals surface area contributed by atoms with Gasteiger partial charge in [-0.25, -0.2) is 0 Å². The lowest BCUT2D eigenvalue weighted by Gasteiger charge is -2.14. The van der Waals surface area contributed by atoms with Crippen LogP contribution >= 0.6 is 11.6 Å². The van der Waals surface area contributed by atoms with Crippen LogP contribution in [0, 0.1) is 6.92 Å². The number of nitrogens with one attached hydrogen (secondary N) is 2. The van der Waals surface area contributed by atoms with Crippen molar-refractivity contribution in [1.29, 1.82) is 0 Å². The van der Waals surface area contributed by atoms with Crippen LogP contribution in [-0.4, -0.2) is 34.5 Å². The normalized spacial score (nSPS) is 12.4. The minimum atomic E-state index is -0.681. The Kier molecular flexibility index (Phi) is 5.48. The third-order valence-corrected chi connectivity index (χ3v) is 4.49. The van der Waals surface area contributed by atoms with Crippen molar-refractivity contribution in [1.82, 2.24) is 10.3 Å². The smallest absolute Gasteiger partial charge is 0.130 e. The molecule has 132 valence electrons. The predicted molar refractivity (Wildman–Crippen MR) is 99.4 cm³/mol. The molecule has 2 aromatic carbocycles. The Bertz CT molecular complexity index is 863. The molecule has 25 heavy (non-hydrogen) atoms. The van der Waals surface area contributed by atoms with Crippen LogP contribution < -0.4 is 10.1 Å². The Balaban J connectivity index is 1.54. The quantitative estimate of drug-likeness (QED) is 0.521. The van der Waals surface area contributed by atoms with E-state index in [1.165, 1.54) is 0 Å². The molecule has 0 spiro atoms. The summed E-state index contributed by atoms with van der Waals surface area (Å²) in [6, 6.07) is 12.8. The zero-order chi connectivity index (χ0) is 17.8. The fourth-order valence-corrected chi connectivity index (χ4v) is 2.95. The number of aliphatic hydroxyl groups excluding tert-OH is 1. The summed E-state index contributed by atoms with van der Waals surface area (Å²) >= 11 is 6.32. The molecule has 1 unspecified atom stereocenters. The molecule has 4 N–H and O–H groups in total. The van der Waals surface area contributed by atoms with Crippen molar-refractivity contribution in [3.05, 3.63) is 58.7 Å². The van der Waals surface area contributed by atoms with Gasteiger partial charge in [-0.15, -0.1) is 0 Å². The van der Waals surface area contributed by atoms with E-state index in [0.29, 0.717) is 23.9 Å². The number of aliphatic hydroxyl groups is 1. The van der Waals surface area contributed by atoms with E-state index in [1.54, 1.807) is 12.1 Å². The first-order valence-corrected chi connectivity index (χ1v) is 8.49. The number of H-pyrrole nitrogens is 1. The highest BCUT2D eigenvalue weighted by Gasteiger charge is 2.13. The molecule has 0 saturated heterocycles. The monoisotopic (exact) mass is 360 g/mol. The molecule has 0 aliphatic rings. The third-order valence-electron chi connectivity index (χ3n) is 4.02. The molecular weight excluding hydrogens is 340 g/mol. The Labute approximate surface area is 151 Å². The maximum absolute atomic E-state index is 10.1. The topological polar surface area (TPSA) is 77.5 Å². The molecule has 0 amide bonds. The van der Waals surface area contributed by atoms with E-state index in [0.717, 1.165) is 22.2 Å². The lowest BCUT2D eigenvalue weighted by atomic mass is 10.2. The molecule has 1 heterocycles. The number of hydrogen-bond acceptors (Lipinski definition) is 4. The van der Waals surface area contributed by atoms with Crippen LogP contribution in [0.1, 0.15) is 11.3 Å². The van der Waals surface area contributed by atoms with E-state index in [4.69, 9.17) is 16.3 Å². The van der Waals surface area contributed by atoms with Crippen LogP contribution in [0.15, 0.2) is 42.5 Å². The summed E-state index contributed by atoms with van der Waals surface area (Å²) in [7, 11) is 0. The summed E-state index contributed by atoms with van der Waals surface area (Å²) in [5.41, 5.74) is 2.58. The second kappa shape index (κ2) is 7.78. The van der Waals surface area contributed by atoms with Crippen LogP contribution in [0.4, 0.5) is 0 Å². The summed E-state index contributed by atoms with van der Waals surface area (Å²) in [5, 5.41) is 24.4. The summed E-state index contributed by atoms with van der Waals surface area (Å²) in [6.07, 6.45) is -0.681. The molecule has 1 atom stereocenters. The minimum Gasteiger partial charge on any atom is -0.508 e. The molecule has 3 rings (SSSR count). The molecule has 1 aromatic heterocycles. The van der Waals surface area contributed by atoms with Gasteiger partial charge in [-0.3, -0.25) is 0 Å². The lowest BCUT2D eigenvalue weighted by molar-refractivity contribution is 0.107. The largest absolute Gasteiger partial charge is 0.508 e. The van der Waals surface area contributed by atoms with Crippen molar-refractivity contribution < 1.29 is 14.9 Å². The first-order chi connectivity index (χ1) is 12.1. The van der Waals surface area contributed by atoms with Crippen LogP contribution in [-0.2, 0) is 6.54 Å². The number of ether oxygens (including phenoxy) is 1. The number of aromatic nitrogens is 1. The van der Waals surface area contributed by atoms with Crippen LogP contribution in [0.25, 0.3) is 10.9 Å². The van der Waals surface area contributed by atoms with E-state index in [1.807, 2.05) is 37.3 Å². The number of phenols is 1. The van der Waals surface area contributed by atoms with Crippen molar-refractivity contribution in [2.45, 2.75) is 19.6 Å². The van der Waals surface area contributed by atoms with E-state index in [9.17, 15) is 10.2 Å². The Morgan fingerprint density at radius 1 is 1.20 bits per heavy atom. The molecule has 0 saturated carbocycles. The first kappa shape index (κ1) is 17.6. The Morgan fingerprint density at radius 3 is 2.80 bits per heavy atom. The van der Waals surface area contributed by atoms with E-state index in [2.05, 4.69) is 10.3 Å². The number of halogens is 1. The number of benzene rings is 2. The summed E-state index contributed by atoms with van der Waals surface area (Å²) in [5.74, 6) is 0.886. The van der Waals surface area contributed by atoms with Gasteiger partial charge >= 0.3 is 0 Å². The number of aromatic hydroxyl groups is 1. The van der Waals surface area contributed by atoms with Gasteiger partial charge in [0.25, 0.3) is 0 Å². The van der Waals surface area contributed by atoms with Crippen molar-refractivity contribution in [3.8, 4) is 11.5 Å². The molecule has 0 aliphatic carbocycles. The fourth-order valence-electron chi connectivity index (χ4n) is 2.71. The lowest BCUT2D eigenvalue weighted by Crippen LogP contribution is -2.31. The fraction of sp³-hybridized carbons (Fsp3) is 0.263. The summed E-state index contributed by atoms with van der Waals surface area (Å²) in [4.78, 5) is 3.20. The SMILES string of the molecule is Cc1[nH]c2cccc(OCC(O)CNCc3ccccc3O)c2c1Cl. The second-order valence-electron chi connectivity index (χ2n) is 5.97. The van der Waals surface area contributed by atoms with Gasteiger partial charge in [-0.05, 0) is 25.1 Å². The van der Waals surface area contributed by atoms with E-state index >= 15 is 0 Å². The van der Waals surface area contributed by atoms with E-state index < -0.39 is 6.10 Å².